The number of ether oxygens (including phenoxy) is 1. The van der Waals surface area contributed by atoms with Gasteiger partial charge in [-0.15, -0.1) is 0 Å². The van der Waals surface area contributed by atoms with Crippen molar-refractivity contribution in [3.8, 4) is 11.4 Å². The van der Waals surface area contributed by atoms with Crippen LogP contribution in [0.2, 0.25) is 0 Å². The predicted molar refractivity (Wildman–Crippen MR) is 66.2 cm³/mol. The Hall–Kier alpha value is -2.58. The third-order valence-corrected chi connectivity index (χ3v) is 2.52. The van der Waals surface area contributed by atoms with Gasteiger partial charge >= 0.3 is 12.1 Å². The second kappa shape index (κ2) is 6.04. The molecule has 0 aromatic carbocycles. The topological polar surface area (TPSA) is 65.0 Å². The molecule has 2 aromatic heterocycles. The molecule has 5 nitrogen and oxygen atoms in total. The Balaban J connectivity index is 2.55. The van der Waals surface area contributed by atoms with E-state index >= 15 is 0 Å². The maximum Gasteiger partial charge on any atom is 0.434 e. The van der Waals surface area contributed by atoms with E-state index in [-0.39, 0.29) is 12.2 Å². The molecule has 0 fully saturated rings. The number of carbonyl (C=O) groups excluding carboxylic acids is 1. The second-order valence-corrected chi connectivity index (χ2v) is 4.07. The van der Waals surface area contributed by atoms with Crippen LogP contribution >= 0.6 is 0 Å². The summed E-state index contributed by atoms with van der Waals surface area (Å²) in [6, 6.07) is 0.937. The molecule has 9 heteroatoms. The number of hydrogen-bond donors (Lipinski definition) is 0. The van der Waals surface area contributed by atoms with Crippen LogP contribution in [0.15, 0.2) is 24.7 Å². The minimum absolute atomic E-state index is 0.0408. The molecule has 0 saturated carbocycles. The minimum Gasteiger partial charge on any atom is -0.462 e. The fourth-order valence-corrected chi connectivity index (χ4v) is 1.63. The SMILES string of the molecule is CCOC(=O)c1cnc(-c2cncc(F)c2)nc1C(F)(F)F. The van der Waals surface area contributed by atoms with Crippen LogP contribution in [0.5, 0.6) is 0 Å². The third-order valence-electron chi connectivity index (χ3n) is 2.52. The molecule has 0 saturated heterocycles. The van der Waals surface area contributed by atoms with Gasteiger partial charge in [-0.1, -0.05) is 0 Å². The van der Waals surface area contributed by atoms with Crippen LogP contribution in [-0.4, -0.2) is 27.5 Å². The monoisotopic (exact) mass is 315 g/mol. The summed E-state index contributed by atoms with van der Waals surface area (Å²) in [6.07, 6.45) is -2.18. The number of alkyl halides is 3. The number of halogens is 4. The average Bonchev–Trinajstić information content (AvgIpc) is 2.46. The predicted octanol–water partition coefficient (Wildman–Crippen LogP) is 2.87. The van der Waals surface area contributed by atoms with E-state index in [0.717, 1.165) is 18.5 Å². The van der Waals surface area contributed by atoms with Crippen molar-refractivity contribution in [2.24, 2.45) is 0 Å². The van der Waals surface area contributed by atoms with Crippen molar-refractivity contribution in [1.82, 2.24) is 15.0 Å². The fraction of sp³-hybridized carbons (Fsp3) is 0.231. The number of carbonyl (C=O) groups is 1. The summed E-state index contributed by atoms with van der Waals surface area (Å²) in [6.45, 7) is 1.37. The van der Waals surface area contributed by atoms with Gasteiger partial charge in [0, 0.05) is 18.0 Å². The highest BCUT2D eigenvalue weighted by Gasteiger charge is 2.38. The molecule has 0 unspecified atom stereocenters. The first-order valence-electron chi connectivity index (χ1n) is 6.05. The van der Waals surface area contributed by atoms with Crippen LogP contribution in [0.3, 0.4) is 0 Å². The Kier molecular flexibility index (Phi) is 4.34. The lowest BCUT2D eigenvalue weighted by Gasteiger charge is -2.12. The number of pyridine rings is 1. The van der Waals surface area contributed by atoms with Crippen LogP contribution in [-0.2, 0) is 10.9 Å². The molecule has 2 heterocycles. The molecule has 0 spiro atoms. The third kappa shape index (κ3) is 3.35. The van der Waals surface area contributed by atoms with Crippen LogP contribution < -0.4 is 0 Å². The molecule has 0 aliphatic carbocycles. The lowest BCUT2D eigenvalue weighted by molar-refractivity contribution is -0.141. The highest BCUT2D eigenvalue weighted by atomic mass is 19.4. The van der Waals surface area contributed by atoms with E-state index in [1.165, 1.54) is 6.92 Å². The molecule has 22 heavy (non-hydrogen) atoms. The van der Waals surface area contributed by atoms with Crippen molar-refractivity contribution in [3.05, 3.63) is 41.7 Å². The van der Waals surface area contributed by atoms with Gasteiger partial charge in [-0.2, -0.15) is 13.2 Å². The fourth-order valence-electron chi connectivity index (χ4n) is 1.63. The van der Waals surface area contributed by atoms with Crippen LogP contribution in [0.4, 0.5) is 17.6 Å². The number of aromatic nitrogens is 3. The summed E-state index contributed by atoms with van der Waals surface area (Å²) < 4.78 is 56.7. The second-order valence-electron chi connectivity index (χ2n) is 4.07. The van der Waals surface area contributed by atoms with Gasteiger partial charge < -0.3 is 4.74 Å². The zero-order valence-corrected chi connectivity index (χ0v) is 11.2. The van der Waals surface area contributed by atoms with Crippen molar-refractivity contribution in [1.29, 1.82) is 0 Å². The zero-order valence-electron chi connectivity index (χ0n) is 11.2. The summed E-state index contributed by atoms with van der Waals surface area (Å²) in [5.41, 5.74) is -2.29. The van der Waals surface area contributed by atoms with Gasteiger partial charge in [0.05, 0.1) is 12.8 Å². The number of nitrogens with zero attached hydrogens (tertiary/aromatic N) is 3. The van der Waals surface area contributed by atoms with Gasteiger partial charge in [0.25, 0.3) is 0 Å². The largest absolute Gasteiger partial charge is 0.462 e. The summed E-state index contributed by atoms with van der Waals surface area (Å²) in [5.74, 6) is -2.32. The molecule has 2 aromatic rings. The number of hydrogen-bond acceptors (Lipinski definition) is 5. The summed E-state index contributed by atoms with van der Waals surface area (Å²) in [7, 11) is 0. The van der Waals surface area contributed by atoms with Gasteiger partial charge in [0.1, 0.15) is 11.4 Å². The van der Waals surface area contributed by atoms with Crippen molar-refractivity contribution in [2.75, 3.05) is 6.61 Å². The van der Waals surface area contributed by atoms with E-state index in [4.69, 9.17) is 0 Å². The lowest BCUT2D eigenvalue weighted by atomic mass is 10.2. The summed E-state index contributed by atoms with van der Waals surface area (Å²) >= 11 is 0. The molecule has 0 radical (unpaired) electrons. The molecule has 2 rings (SSSR count). The lowest BCUT2D eigenvalue weighted by Crippen LogP contribution is -2.18. The van der Waals surface area contributed by atoms with Gasteiger partial charge in [-0.25, -0.2) is 19.2 Å². The first-order chi connectivity index (χ1) is 10.3. The quantitative estimate of drug-likeness (QED) is 0.644. The Morgan fingerprint density at radius 3 is 2.59 bits per heavy atom. The molecule has 0 amide bonds. The average molecular weight is 315 g/mol. The smallest absolute Gasteiger partial charge is 0.434 e. The standard InChI is InChI=1S/C13H9F4N3O2/c1-2-22-12(21)9-6-19-11(20-10(9)13(15,16)17)7-3-8(14)5-18-4-7/h3-6H,2H2,1H3. The summed E-state index contributed by atoms with van der Waals surface area (Å²) in [4.78, 5) is 22.0. The van der Waals surface area contributed by atoms with E-state index in [1.54, 1.807) is 0 Å². The van der Waals surface area contributed by atoms with Crippen molar-refractivity contribution >= 4 is 5.97 Å². The van der Waals surface area contributed by atoms with E-state index in [1.807, 2.05) is 0 Å². The molecule has 0 aliphatic rings. The van der Waals surface area contributed by atoms with Crippen LogP contribution in [0, 0.1) is 5.82 Å². The number of esters is 1. The van der Waals surface area contributed by atoms with E-state index in [9.17, 15) is 22.4 Å². The Labute approximate surface area is 122 Å². The molecule has 0 N–H and O–H groups in total. The van der Waals surface area contributed by atoms with E-state index in [2.05, 4.69) is 19.7 Å². The molecule has 0 aliphatic heterocycles. The van der Waals surface area contributed by atoms with E-state index < -0.39 is 35.0 Å². The minimum atomic E-state index is -4.89. The maximum atomic E-state index is 13.1. The first kappa shape index (κ1) is 15.8. The Morgan fingerprint density at radius 1 is 1.27 bits per heavy atom. The highest BCUT2D eigenvalue weighted by Crippen LogP contribution is 2.31. The van der Waals surface area contributed by atoms with E-state index in [0.29, 0.717) is 6.20 Å². The van der Waals surface area contributed by atoms with Gasteiger partial charge in [0.15, 0.2) is 11.5 Å². The molecule has 116 valence electrons. The van der Waals surface area contributed by atoms with Crippen LogP contribution in [0.25, 0.3) is 11.4 Å². The Bertz CT molecular complexity index is 704. The zero-order chi connectivity index (χ0) is 16.3. The van der Waals surface area contributed by atoms with Gasteiger partial charge in [-0.05, 0) is 13.0 Å². The highest BCUT2D eigenvalue weighted by molar-refractivity contribution is 5.90. The molecule has 0 atom stereocenters. The molecular weight excluding hydrogens is 306 g/mol. The van der Waals surface area contributed by atoms with Gasteiger partial charge in [-0.3, -0.25) is 4.98 Å². The molecule has 0 bridgehead atoms. The van der Waals surface area contributed by atoms with Crippen LogP contribution in [0.1, 0.15) is 23.0 Å². The van der Waals surface area contributed by atoms with Gasteiger partial charge in [0.2, 0.25) is 0 Å². The van der Waals surface area contributed by atoms with Crippen molar-refractivity contribution < 1.29 is 27.1 Å². The summed E-state index contributed by atoms with van der Waals surface area (Å²) in [5, 5.41) is 0. The first-order valence-corrected chi connectivity index (χ1v) is 6.05. The molecular formula is C13H9F4N3O2. The number of rotatable bonds is 3. The maximum absolute atomic E-state index is 13.1. The van der Waals surface area contributed by atoms with Crippen molar-refractivity contribution in [3.63, 3.8) is 0 Å². The normalized spacial score (nSPS) is 11.3. The van der Waals surface area contributed by atoms with Crippen molar-refractivity contribution in [2.45, 2.75) is 13.1 Å². The Morgan fingerprint density at radius 2 is 2.00 bits per heavy atom.